The number of halogens is 1. The number of hydrogen-bond donors (Lipinski definition) is 2. The van der Waals surface area contributed by atoms with Crippen LogP contribution in [0, 0.1) is 0 Å². The molecule has 5 heteroatoms. The highest BCUT2D eigenvalue weighted by molar-refractivity contribution is 6.35. The van der Waals surface area contributed by atoms with Crippen LogP contribution in [0.3, 0.4) is 0 Å². The molecule has 0 saturated heterocycles. The van der Waals surface area contributed by atoms with Crippen molar-refractivity contribution in [2.24, 2.45) is 0 Å². The van der Waals surface area contributed by atoms with Gasteiger partial charge in [0.1, 0.15) is 5.15 Å². The molecule has 0 bridgehead atoms. The first kappa shape index (κ1) is 8.07. The van der Waals surface area contributed by atoms with Crippen molar-refractivity contribution in [2.75, 3.05) is 0 Å². The van der Waals surface area contributed by atoms with Crippen molar-refractivity contribution >= 4 is 28.5 Å². The molecule has 2 aromatic rings. The standard InChI is InChI=1S/C8H5ClN2O2/c9-7-6-4(8(12)13)3-11-5(6)1-2-10-7/h1-3,11H,(H,12,13). The van der Waals surface area contributed by atoms with Gasteiger partial charge in [0.05, 0.1) is 16.5 Å². The van der Waals surface area contributed by atoms with Crippen molar-refractivity contribution in [1.29, 1.82) is 0 Å². The van der Waals surface area contributed by atoms with E-state index in [-0.39, 0.29) is 10.7 Å². The first-order valence-electron chi connectivity index (χ1n) is 3.55. The van der Waals surface area contributed by atoms with Gasteiger partial charge in [-0.15, -0.1) is 0 Å². The first-order chi connectivity index (χ1) is 6.20. The Morgan fingerprint density at radius 3 is 3.08 bits per heavy atom. The van der Waals surface area contributed by atoms with Gasteiger partial charge in [0.25, 0.3) is 0 Å². The Labute approximate surface area is 78.2 Å². The lowest BCUT2D eigenvalue weighted by molar-refractivity contribution is 0.0699. The Morgan fingerprint density at radius 2 is 2.38 bits per heavy atom. The Bertz CT molecular complexity index is 478. The maximum Gasteiger partial charge on any atom is 0.337 e. The van der Waals surface area contributed by atoms with Crippen LogP contribution in [0.1, 0.15) is 10.4 Å². The number of nitrogens with one attached hydrogen (secondary N) is 1. The second-order valence-electron chi connectivity index (χ2n) is 2.53. The van der Waals surface area contributed by atoms with Crippen molar-refractivity contribution in [3.8, 4) is 0 Å². The van der Waals surface area contributed by atoms with E-state index in [0.717, 1.165) is 0 Å². The molecule has 0 aliphatic carbocycles. The fourth-order valence-corrected chi connectivity index (χ4v) is 1.46. The van der Waals surface area contributed by atoms with Gasteiger partial charge in [-0.05, 0) is 6.07 Å². The van der Waals surface area contributed by atoms with Crippen molar-refractivity contribution in [3.63, 3.8) is 0 Å². The van der Waals surface area contributed by atoms with Gasteiger partial charge in [0.2, 0.25) is 0 Å². The summed E-state index contributed by atoms with van der Waals surface area (Å²) >= 11 is 5.75. The fraction of sp³-hybridized carbons (Fsp3) is 0. The number of carboxylic acids is 1. The molecule has 0 unspecified atom stereocenters. The van der Waals surface area contributed by atoms with Crippen molar-refractivity contribution < 1.29 is 9.90 Å². The van der Waals surface area contributed by atoms with Crippen LogP contribution in [-0.4, -0.2) is 21.0 Å². The SMILES string of the molecule is O=C(O)c1c[nH]c2ccnc(Cl)c12. The summed E-state index contributed by atoms with van der Waals surface area (Å²) in [4.78, 5) is 17.3. The van der Waals surface area contributed by atoms with E-state index in [1.807, 2.05) is 0 Å². The number of aromatic amines is 1. The van der Waals surface area contributed by atoms with Crippen LogP contribution in [0.15, 0.2) is 18.5 Å². The molecule has 0 aromatic carbocycles. The number of aromatic carboxylic acids is 1. The third kappa shape index (κ3) is 1.15. The Kier molecular flexibility index (Phi) is 1.70. The summed E-state index contributed by atoms with van der Waals surface area (Å²) < 4.78 is 0. The number of carboxylic acid groups (broad SMARTS) is 1. The zero-order valence-corrected chi connectivity index (χ0v) is 7.17. The van der Waals surface area contributed by atoms with Crippen LogP contribution in [0.5, 0.6) is 0 Å². The molecule has 4 nitrogen and oxygen atoms in total. The van der Waals surface area contributed by atoms with E-state index in [0.29, 0.717) is 10.9 Å². The first-order valence-corrected chi connectivity index (χ1v) is 3.93. The highest BCUT2D eigenvalue weighted by atomic mass is 35.5. The Balaban J connectivity index is 2.86. The average molecular weight is 197 g/mol. The number of rotatable bonds is 1. The molecule has 2 N–H and O–H groups in total. The highest BCUT2D eigenvalue weighted by Gasteiger charge is 2.13. The topological polar surface area (TPSA) is 66.0 Å². The van der Waals surface area contributed by atoms with Crippen LogP contribution >= 0.6 is 11.6 Å². The van der Waals surface area contributed by atoms with E-state index in [1.54, 1.807) is 6.07 Å². The quantitative estimate of drug-likeness (QED) is 0.685. The van der Waals surface area contributed by atoms with Crippen LogP contribution in [0.4, 0.5) is 0 Å². The Hall–Kier alpha value is -1.55. The highest BCUT2D eigenvalue weighted by Crippen LogP contribution is 2.24. The van der Waals surface area contributed by atoms with Gasteiger partial charge in [-0.2, -0.15) is 0 Å². The minimum absolute atomic E-state index is 0.146. The molecule has 0 aliphatic heterocycles. The third-order valence-electron chi connectivity index (χ3n) is 1.78. The molecule has 66 valence electrons. The zero-order valence-electron chi connectivity index (χ0n) is 6.41. The Morgan fingerprint density at radius 1 is 1.62 bits per heavy atom. The molecule has 2 rings (SSSR count). The summed E-state index contributed by atoms with van der Waals surface area (Å²) in [5, 5.41) is 9.45. The van der Waals surface area contributed by atoms with Crippen molar-refractivity contribution in [3.05, 3.63) is 29.2 Å². The number of hydrogen-bond acceptors (Lipinski definition) is 2. The molecular weight excluding hydrogens is 192 g/mol. The fourth-order valence-electron chi connectivity index (χ4n) is 1.20. The zero-order chi connectivity index (χ0) is 9.42. The molecule has 0 radical (unpaired) electrons. The summed E-state index contributed by atoms with van der Waals surface area (Å²) in [6, 6.07) is 1.67. The second-order valence-corrected chi connectivity index (χ2v) is 2.89. The van der Waals surface area contributed by atoms with E-state index in [1.165, 1.54) is 12.4 Å². The molecule has 0 amide bonds. The van der Waals surface area contributed by atoms with Crippen LogP contribution in [0.2, 0.25) is 5.15 Å². The molecule has 2 aromatic heterocycles. The maximum absolute atomic E-state index is 10.7. The van der Waals surface area contributed by atoms with E-state index in [4.69, 9.17) is 16.7 Å². The number of aromatic nitrogens is 2. The molecule has 0 aliphatic rings. The molecule has 0 spiro atoms. The monoisotopic (exact) mass is 196 g/mol. The van der Waals surface area contributed by atoms with Gasteiger partial charge in [-0.25, -0.2) is 9.78 Å². The smallest absolute Gasteiger partial charge is 0.337 e. The lowest BCUT2D eigenvalue weighted by atomic mass is 10.2. The number of fused-ring (bicyclic) bond motifs is 1. The molecule has 13 heavy (non-hydrogen) atoms. The van der Waals surface area contributed by atoms with Crippen molar-refractivity contribution in [1.82, 2.24) is 9.97 Å². The summed E-state index contributed by atoms with van der Waals surface area (Å²) in [7, 11) is 0. The summed E-state index contributed by atoms with van der Waals surface area (Å²) in [6.07, 6.45) is 2.92. The van der Waals surface area contributed by atoms with Crippen LogP contribution in [0.25, 0.3) is 10.9 Å². The van der Waals surface area contributed by atoms with E-state index < -0.39 is 5.97 Å². The summed E-state index contributed by atoms with van der Waals surface area (Å²) in [6.45, 7) is 0. The molecule has 0 fully saturated rings. The van der Waals surface area contributed by atoms with Crippen LogP contribution in [-0.2, 0) is 0 Å². The number of pyridine rings is 1. The van der Waals surface area contributed by atoms with Gasteiger partial charge in [0.15, 0.2) is 0 Å². The van der Waals surface area contributed by atoms with E-state index in [2.05, 4.69) is 9.97 Å². The third-order valence-corrected chi connectivity index (χ3v) is 2.06. The minimum atomic E-state index is -1.01. The minimum Gasteiger partial charge on any atom is -0.478 e. The lowest BCUT2D eigenvalue weighted by Gasteiger charge is -1.93. The predicted octanol–water partition coefficient (Wildman–Crippen LogP) is 1.91. The molecule has 0 saturated carbocycles. The van der Waals surface area contributed by atoms with E-state index >= 15 is 0 Å². The second kappa shape index (κ2) is 2.74. The summed E-state index contributed by atoms with van der Waals surface area (Å²) in [5.41, 5.74) is 0.825. The van der Waals surface area contributed by atoms with Gasteiger partial charge in [-0.3, -0.25) is 0 Å². The largest absolute Gasteiger partial charge is 0.478 e. The van der Waals surface area contributed by atoms with Crippen LogP contribution < -0.4 is 0 Å². The number of nitrogens with zero attached hydrogens (tertiary/aromatic N) is 1. The van der Waals surface area contributed by atoms with Crippen molar-refractivity contribution in [2.45, 2.75) is 0 Å². The summed E-state index contributed by atoms with van der Waals surface area (Å²) in [5.74, 6) is -1.01. The number of carbonyl (C=O) groups is 1. The van der Waals surface area contributed by atoms with Gasteiger partial charge >= 0.3 is 5.97 Å². The van der Waals surface area contributed by atoms with Gasteiger partial charge in [0, 0.05) is 12.4 Å². The lowest BCUT2D eigenvalue weighted by Crippen LogP contribution is -1.94. The normalized spacial score (nSPS) is 10.5. The van der Waals surface area contributed by atoms with E-state index in [9.17, 15) is 4.79 Å². The molecular formula is C8H5ClN2O2. The van der Waals surface area contributed by atoms with Gasteiger partial charge in [-0.1, -0.05) is 11.6 Å². The number of H-pyrrole nitrogens is 1. The molecule has 2 heterocycles. The maximum atomic E-state index is 10.7. The average Bonchev–Trinajstić information content (AvgIpc) is 2.49. The molecule has 0 atom stereocenters. The predicted molar refractivity (Wildman–Crippen MR) is 48.1 cm³/mol. The van der Waals surface area contributed by atoms with Gasteiger partial charge < -0.3 is 10.1 Å².